The summed E-state index contributed by atoms with van der Waals surface area (Å²) in [7, 11) is 0. The molecule has 3 aliphatic carbocycles. The van der Waals surface area contributed by atoms with Gasteiger partial charge in [0.15, 0.2) is 11.6 Å². The molecular formula is C50H57N9O6. The number of likely N-dealkylation sites (tertiary alicyclic amines) is 1. The number of rotatable bonds is 9. The first kappa shape index (κ1) is 40.4. The second-order valence-corrected chi connectivity index (χ2v) is 19.8. The Balaban J connectivity index is 0.635. The van der Waals surface area contributed by atoms with E-state index < -0.39 is 0 Å². The standard InChI is InChI=1S/C50H57N9O6/c51-48-41(24-37(53-54-48)34-7-1-2-10-42(34)60)58-27-30-25-50(26-35-36(28-58)45(35)46(30)50)31-5-3-6-33(23-31)65-32-13-15-57(16-14-32)44(62)29-55-17-19-56(20-18-55)38-8-4-9-39-47(38)64-22-21-59(39)40-11-12-43(61)52-49(40)63/h1-10,23-24,30,32,35-36,40,45-46,60H,11-22,25-29H2,(H2,51,54)(H,52,61,63)/t30-,35-,36+,40-,45?,46?,50?/m0/s1. The SMILES string of the molecule is Nc1nnc(-c2ccccc2O)cc1N1C[C@@H]2CC3(c4cccc(OC5CCN(C(=O)CN6CCN(c7cccc8c7OCCN8[C@H]7CCC(=O)NC7=O)CC6)CC5)c4)C[C@@H]4C(C23)[C@@H]4C1. The van der Waals surface area contributed by atoms with Gasteiger partial charge in [0.05, 0.1) is 35.8 Å². The van der Waals surface area contributed by atoms with E-state index in [1.54, 1.807) is 6.07 Å². The van der Waals surface area contributed by atoms with Crippen molar-refractivity contribution in [2.24, 2.45) is 29.6 Å². The molecule has 4 aromatic rings. The third-order valence-electron chi connectivity index (χ3n) is 16.4. The Labute approximate surface area is 378 Å². The number of ether oxygens (including phenoxy) is 2. The lowest BCUT2D eigenvalue weighted by Gasteiger charge is -2.54. The van der Waals surface area contributed by atoms with Crippen molar-refractivity contribution >= 4 is 40.6 Å². The highest BCUT2D eigenvalue weighted by molar-refractivity contribution is 6.02. The van der Waals surface area contributed by atoms with Crippen molar-refractivity contribution < 1.29 is 29.0 Å². The average molecular weight is 880 g/mol. The summed E-state index contributed by atoms with van der Waals surface area (Å²) in [6.07, 6.45) is 4.93. The van der Waals surface area contributed by atoms with Crippen LogP contribution in [0, 0.1) is 29.6 Å². The number of nitrogens with one attached hydrogen (secondary N) is 1. The molecule has 65 heavy (non-hydrogen) atoms. The molecule has 4 saturated heterocycles. The number of piperidine rings is 2. The largest absolute Gasteiger partial charge is 0.507 e. The predicted octanol–water partition coefficient (Wildman–Crippen LogP) is 4.29. The van der Waals surface area contributed by atoms with E-state index >= 15 is 0 Å². The van der Waals surface area contributed by atoms with Crippen molar-refractivity contribution in [3.05, 3.63) is 78.4 Å². The molecule has 7 atom stereocenters. The van der Waals surface area contributed by atoms with Gasteiger partial charge in [-0.3, -0.25) is 24.6 Å². The topological polar surface area (TPSA) is 170 Å². The van der Waals surface area contributed by atoms with Gasteiger partial charge in [-0.05, 0) is 102 Å². The first-order valence-electron chi connectivity index (χ1n) is 23.8. The van der Waals surface area contributed by atoms with Gasteiger partial charge in [-0.2, -0.15) is 0 Å². The Hall–Kier alpha value is -6.09. The monoisotopic (exact) mass is 879 g/mol. The number of anilines is 4. The maximum Gasteiger partial charge on any atom is 0.249 e. The van der Waals surface area contributed by atoms with E-state index in [1.165, 1.54) is 12.0 Å². The minimum atomic E-state index is -0.388. The summed E-state index contributed by atoms with van der Waals surface area (Å²) in [4.78, 5) is 49.3. The number of nitrogens with two attached hydrogens (primary N) is 1. The van der Waals surface area contributed by atoms with E-state index in [0.29, 0.717) is 80.5 Å². The molecule has 6 heterocycles. The molecule has 15 nitrogen and oxygen atoms in total. The van der Waals surface area contributed by atoms with Gasteiger partial charge in [-0.1, -0.05) is 30.3 Å². The summed E-state index contributed by atoms with van der Waals surface area (Å²) in [6.45, 7) is 7.87. The molecule has 3 saturated carbocycles. The number of phenolic OH excluding ortho intramolecular Hbond substituents is 1. The Morgan fingerprint density at radius 1 is 0.846 bits per heavy atom. The van der Waals surface area contributed by atoms with Gasteiger partial charge >= 0.3 is 0 Å². The van der Waals surface area contributed by atoms with E-state index in [-0.39, 0.29) is 41.0 Å². The molecule has 4 N–H and O–H groups in total. The van der Waals surface area contributed by atoms with Crippen LogP contribution in [0.4, 0.5) is 22.9 Å². The number of phenols is 1. The zero-order chi connectivity index (χ0) is 44.0. The molecule has 3 aromatic carbocycles. The van der Waals surface area contributed by atoms with Gasteiger partial charge in [0.25, 0.3) is 0 Å². The number of imide groups is 1. The van der Waals surface area contributed by atoms with Gasteiger partial charge in [0, 0.05) is 77.2 Å². The fourth-order valence-corrected chi connectivity index (χ4v) is 13.3. The van der Waals surface area contributed by atoms with Crippen LogP contribution in [0.1, 0.15) is 44.1 Å². The number of piperazine rings is 1. The molecule has 3 unspecified atom stereocenters. The number of fused-ring (bicyclic) bond motifs is 2. The number of aromatic hydroxyl groups is 1. The molecular weight excluding hydrogens is 823 g/mol. The second-order valence-electron chi connectivity index (χ2n) is 19.8. The predicted molar refractivity (Wildman–Crippen MR) is 245 cm³/mol. The van der Waals surface area contributed by atoms with E-state index in [2.05, 4.69) is 65.4 Å². The van der Waals surface area contributed by atoms with Crippen molar-refractivity contribution in [2.45, 2.75) is 56.1 Å². The normalized spacial score (nSPS) is 29.5. The number of nitrogen functional groups attached to an aromatic ring is 1. The lowest BCUT2D eigenvalue weighted by atomic mass is 9.50. The summed E-state index contributed by atoms with van der Waals surface area (Å²) in [6, 6.07) is 23.9. The van der Waals surface area contributed by atoms with Gasteiger partial charge in [0.1, 0.15) is 30.3 Å². The zero-order valence-electron chi connectivity index (χ0n) is 36.7. The third kappa shape index (κ3) is 6.99. The summed E-state index contributed by atoms with van der Waals surface area (Å²) in [5.74, 6) is 5.44. The number of carbonyl (C=O) groups excluding carboxylic acids is 3. The summed E-state index contributed by atoms with van der Waals surface area (Å²) >= 11 is 0. The molecule has 5 aliphatic heterocycles. The van der Waals surface area contributed by atoms with Gasteiger partial charge < -0.3 is 39.9 Å². The number of amides is 3. The molecule has 3 amide bonds. The Morgan fingerprint density at radius 2 is 1.66 bits per heavy atom. The molecule has 0 spiro atoms. The zero-order valence-corrected chi connectivity index (χ0v) is 36.7. The highest BCUT2D eigenvalue weighted by atomic mass is 16.5. The Bertz CT molecular complexity index is 2540. The fraction of sp³-hybridized carbons (Fsp3) is 0.500. The van der Waals surface area contributed by atoms with Crippen LogP contribution in [-0.4, -0.2) is 127 Å². The van der Waals surface area contributed by atoms with Gasteiger partial charge in [0.2, 0.25) is 17.7 Å². The van der Waals surface area contributed by atoms with Crippen molar-refractivity contribution in [2.75, 3.05) is 92.5 Å². The molecule has 12 rings (SSSR count). The van der Waals surface area contributed by atoms with Crippen molar-refractivity contribution in [3.63, 3.8) is 0 Å². The van der Waals surface area contributed by atoms with Crippen LogP contribution < -0.4 is 35.2 Å². The molecule has 15 heteroatoms. The minimum absolute atomic E-state index is 0.0735. The smallest absolute Gasteiger partial charge is 0.249 e. The number of hydrogen-bond acceptors (Lipinski definition) is 13. The summed E-state index contributed by atoms with van der Waals surface area (Å²) in [5, 5.41) is 21.7. The maximum atomic E-state index is 13.6. The van der Waals surface area contributed by atoms with Gasteiger partial charge in [-0.15, -0.1) is 10.2 Å². The van der Waals surface area contributed by atoms with E-state index in [9.17, 15) is 19.5 Å². The third-order valence-corrected chi connectivity index (χ3v) is 16.4. The van der Waals surface area contributed by atoms with Gasteiger partial charge in [-0.25, -0.2) is 0 Å². The average Bonchev–Trinajstić information content (AvgIpc) is 3.87. The van der Waals surface area contributed by atoms with Crippen molar-refractivity contribution in [1.82, 2.24) is 25.3 Å². The van der Waals surface area contributed by atoms with Crippen LogP contribution in [0.3, 0.4) is 0 Å². The van der Waals surface area contributed by atoms with Crippen LogP contribution in [0.15, 0.2) is 72.8 Å². The van der Waals surface area contributed by atoms with Crippen LogP contribution in [0.5, 0.6) is 17.2 Å². The van der Waals surface area contributed by atoms with E-state index in [4.69, 9.17) is 15.2 Å². The molecule has 0 radical (unpaired) electrons. The molecule has 8 aliphatic rings. The lowest BCUT2D eigenvalue weighted by Crippen LogP contribution is -2.54. The minimum Gasteiger partial charge on any atom is -0.507 e. The van der Waals surface area contributed by atoms with Crippen LogP contribution in [-0.2, 0) is 19.8 Å². The summed E-state index contributed by atoms with van der Waals surface area (Å²) < 4.78 is 12.9. The van der Waals surface area contributed by atoms with E-state index in [0.717, 1.165) is 98.9 Å². The second kappa shape index (κ2) is 15.8. The first-order chi connectivity index (χ1) is 31.7. The number of hydrogen-bond donors (Lipinski definition) is 3. The lowest BCUT2D eigenvalue weighted by molar-refractivity contribution is -0.135. The molecule has 1 aromatic heterocycles. The van der Waals surface area contributed by atoms with Crippen molar-refractivity contribution in [1.29, 1.82) is 0 Å². The highest BCUT2D eigenvalue weighted by Gasteiger charge is 2.75. The quantitative estimate of drug-likeness (QED) is 0.204. The first-order valence-corrected chi connectivity index (χ1v) is 23.8. The highest BCUT2D eigenvalue weighted by Crippen LogP contribution is 2.77. The number of benzene rings is 3. The van der Waals surface area contributed by atoms with Crippen LogP contribution in [0.2, 0.25) is 0 Å². The van der Waals surface area contributed by atoms with Crippen LogP contribution >= 0.6 is 0 Å². The van der Waals surface area contributed by atoms with Crippen molar-refractivity contribution in [3.8, 4) is 28.5 Å². The molecule has 0 bridgehead atoms. The summed E-state index contributed by atoms with van der Waals surface area (Å²) in [5.41, 5.74) is 12.2. The number of nitrogens with zero attached hydrogens (tertiary/aromatic N) is 7. The Morgan fingerprint density at radius 3 is 2.49 bits per heavy atom. The Kier molecular flexibility index (Phi) is 9.83. The molecule has 338 valence electrons. The molecule has 7 fully saturated rings. The maximum absolute atomic E-state index is 13.6. The number of aromatic nitrogens is 2. The fourth-order valence-electron chi connectivity index (χ4n) is 13.3. The van der Waals surface area contributed by atoms with Crippen LogP contribution in [0.25, 0.3) is 11.3 Å². The van der Waals surface area contributed by atoms with E-state index in [1.807, 2.05) is 41.3 Å². The number of para-hydroxylation sites is 2. The number of carbonyl (C=O) groups is 3.